The van der Waals surface area contributed by atoms with E-state index in [2.05, 4.69) is 60.9 Å². The Balaban J connectivity index is 2.22. The molecule has 4 unspecified atom stereocenters. The van der Waals surface area contributed by atoms with Crippen LogP contribution in [0.3, 0.4) is 0 Å². The molecule has 0 spiro atoms. The molecular formula is C16H23ClIN. The van der Waals surface area contributed by atoms with Gasteiger partial charge in [0.25, 0.3) is 0 Å². The molecule has 0 aromatic heterocycles. The molecule has 1 saturated carbocycles. The highest BCUT2D eigenvalue weighted by Gasteiger charge is 2.31. The van der Waals surface area contributed by atoms with Crippen molar-refractivity contribution in [1.29, 1.82) is 0 Å². The largest absolute Gasteiger partial charge is 0.313 e. The van der Waals surface area contributed by atoms with Gasteiger partial charge in [-0.1, -0.05) is 31.9 Å². The molecule has 1 aromatic rings. The average Bonchev–Trinajstić information content (AvgIpc) is 2.38. The van der Waals surface area contributed by atoms with Crippen LogP contribution in [0.25, 0.3) is 0 Å². The quantitative estimate of drug-likeness (QED) is 0.691. The highest BCUT2D eigenvalue weighted by atomic mass is 127. The van der Waals surface area contributed by atoms with Crippen LogP contribution < -0.4 is 5.32 Å². The lowest BCUT2D eigenvalue weighted by Crippen LogP contribution is -2.32. The van der Waals surface area contributed by atoms with Crippen molar-refractivity contribution in [2.45, 2.75) is 39.2 Å². The van der Waals surface area contributed by atoms with Crippen LogP contribution in [0, 0.1) is 21.3 Å². The van der Waals surface area contributed by atoms with Gasteiger partial charge in [0, 0.05) is 14.6 Å². The summed E-state index contributed by atoms with van der Waals surface area (Å²) in [6.07, 6.45) is 3.98. The van der Waals surface area contributed by atoms with E-state index >= 15 is 0 Å². The van der Waals surface area contributed by atoms with Gasteiger partial charge < -0.3 is 5.32 Å². The molecule has 1 aliphatic carbocycles. The summed E-state index contributed by atoms with van der Waals surface area (Å²) in [6, 6.07) is 6.66. The molecule has 0 saturated heterocycles. The molecule has 0 radical (unpaired) electrons. The van der Waals surface area contributed by atoms with Crippen LogP contribution in [0.1, 0.15) is 44.7 Å². The highest BCUT2D eigenvalue weighted by Crippen LogP contribution is 2.41. The van der Waals surface area contributed by atoms with Crippen molar-refractivity contribution >= 4 is 34.2 Å². The molecule has 4 atom stereocenters. The van der Waals surface area contributed by atoms with Crippen molar-refractivity contribution in [3.8, 4) is 0 Å². The van der Waals surface area contributed by atoms with Crippen LogP contribution in [-0.4, -0.2) is 7.05 Å². The summed E-state index contributed by atoms with van der Waals surface area (Å²) in [6.45, 7) is 4.78. The van der Waals surface area contributed by atoms with Gasteiger partial charge >= 0.3 is 0 Å². The molecule has 0 aliphatic heterocycles. The van der Waals surface area contributed by atoms with Crippen LogP contribution >= 0.6 is 34.2 Å². The maximum absolute atomic E-state index is 6.18. The van der Waals surface area contributed by atoms with E-state index in [1.165, 1.54) is 28.4 Å². The molecule has 19 heavy (non-hydrogen) atoms. The molecule has 2 rings (SSSR count). The van der Waals surface area contributed by atoms with Gasteiger partial charge in [0.2, 0.25) is 0 Å². The maximum atomic E-state index is 6.18. The lowest BCUT2D eigenvalue weighted by molar-refractivity contribution is 0.174. The van der Waals surface area contributed by atoms with Crippen molar-refractivity contribution in [3.05, 3.63) is 32.4 Å². The first kappa shape index (κ1) is 15.6. The number of hydrogen-bond acceptors (Lipinski definition) is 1. The SMILES string of the molecule is CNC(c1cc(Cl)ccc1I)C1CCC(C)C(C)C1. The first-order chi connectivity index (χ1) is 9.02. The van der Waals surface area contributed by atoms with E-state index < -0.39 is 0 Å². The summed E-state index contributed by atoms with van der Waals surface area (Å²) >= 11 is 8.60. The summed E-state index contributed by atoms with van der Waals surface area (Å²) in [5, 5.41) is 4.37. The van der Waals surface area contributed by atoms with Crippen molar-refractivity contribution in [1.82, 2.24) is 5.32 Å². The zero-order valence-corrected chi connectivity index (χ0v) is 14.8. The van der Waals surface area contributed by atoms with E-state index in [-0.39, 0.29) is 0 Å². The number of halogens is 2. The molecular weight excluding hydrogens is 369 g/mol. The third-order valence-electron chi connectivity index (χ3n) is 4.71. The van der Waals surface area contributed by atoms with Gasteiger partial charge in [-0.2, -0.15) is 0 Å². The molecule has 1 N–H and O–H groups in total. The fraction of sp³-hybridized carbons (Fsp3) is 0.625. The Morgan fingerprint density at radius 3 is 2.63 bits per heavy atom. The van der Waals surface area contributed by atoms with Crippen molar-refractivity contribution in [2.24, 2.45) is 17.8 Å². The van der Waals surface area contributed by atoms with E-state index in [1.807, 2.05) is 6.07 Å². The van der Waals surface area contributed by atoms with E-state index in [0.29, 0.717) is 6.04 Å². The van der Waals surface area contributed by atoms with E-state index in [1.54, 1.807) is 0 Å². The number of benzene rings is 1. The van der Waals surface area contributed by atoms with Crippen molar-refractivity contribution in [3.63, 3.8) is 0 Å². The fourth-order valence-electron chi connectivity index (χ4n) is 3.29. The second-order valence-corrected chi connectivity index (χ2v) is 7.56. The Bertz CT molecular complexity index is 435. The Labute approximate surface area is 135 Å². The minimum Gasteiger partial charge on any atom is -0.313 e. The zero-order valence-electron chi connectivity index (χ0n) is 11.9. The monoisotopic (exact) mass is 391 g/mol. The highest BCUT2D eigenvalue weighted by molar-refractivity contribution is 14.1. The molecule has 106 valence electrons. The van der Waals surface area contributed by atoms with E-state index in [0.717, 1.165) is 22.8 Å². The minimum absolute atomic E-state index is 0.431. The normalized spacial score (nSPS) is 29.2. The summed E-state index contributed by atoms with van der Waals surface area (Å²) in [4.78, 5) is 0. The Hall–Kier alpha value is 0.200. The first-order valence-electron chi connectivity index (χ1n) is 7.15. The summed E-state index contributed by atoms with van der Waals surface area (Å²) in [5.41, 5.74) is 1.36. The number of rotatable bonds is 3. The van der Waals surface area contributed by atoms with Gasteiger partial charge in [-0.15, -0.1) is 0 Å². The number of hydrogen-bond donors (Lipinski definition) is 1. The molecule has 0 bridgehead atoms. The smallest absolute Gasteiger partial charge is 0.0410 e. The predicted molar refractivity (Wildman–Crippen MR) is 91.6 cm³/mol. The van der Waals surface area contributed by atoms with Gasteiger partial charge in [-0.25, -0.2) is 0 Å². The van der Waals surface area contributed by atoms with Gasteiger partial charge in [0.1, 0.15) is 0 Å². The molecule has 0 heterocycles. The van der Waals surface area contributed by atoms with Crippen LogP contribution in [0.4, 0.5) is 0 Å². The third kappa shape index (κ3) is 3.64. The van der Waals surface area contributed by atoms with Crippen LogP contribution in [0.2, 0.25) is 5.02 Å². The molecule has 1 aromatic carbocycles. The molecule has 1 aliphatic rings. The molecule has 0 amide bonds. The average molecular weight is 392 g/mol. The van der Waals surface area contributed by atoms with Gasteiger partial charge in [0.15, 0.2) is 0 Å². The second-order valence-electron chi connectivity index (χ2n) is 5.96. The van der Waals surface area contributed by atoms with Crippen molar-refractivity contribution in [2.75, 3.05) is 7.05 Å². The van der Waals surface area contributed by atoms with Gasteiger partial charge in [-0.3, -0.25) is 0 Å². The fourth-order valence-corrected chi connectivity index (χ4v) is 4.14. The van der Waals surface area contributed by atoms with E-state index in [4.69, 9.17) is 11.6 Å². The number of nitrogens with one attached hydrogen (secondary N) is 1. The first-order valence-corrected chi connectivity index (χ1v) is 8.60. The third-order valence-corrected chi connectivity index (χ3v) is 5.93. The summed E-state index contributed by atoms with van der Waals surface area (Å²) in [7, 11) is 2.07. The van der Waals surface area contributed by atoms with Crippen LogP contribution in [0.15, 0.2) is 18.2 Å². The lowest BCUT2D eigenvalue weighted by atomic mass is 9.72. The molecule has 1 nitrogen and oxygen atoms in total. The summed E-state index contributed by atoms with van der Waals surface area (Å²) < 4.78 is 1.31. The zero-order chi connectivity index (χ0) is 14.0. The molecule has 3 heteroatoms. The van der Waals surface area contributed by atoms with Gasteiger partial charge in [-0.05, 0) is 84.0 Å². The van der Waals surface area contributed by atoms with Gasteiger partial charge in [0.05, 0.1) is 0 Å². The Morgan fingerprint density at radius 2 is 2.00 bits per heavy atom. The van der Waals surface area contributed by atoms with Crippen LogP contribution in [-0.2, 0) is 0 Å². The van der Waals surface area contributed by atoms with E-state index in [9.17, 15) is 0 Å². The molecule has 1 fully saturated rings. The second kappa shape index (κ2) is 6.77. The maximum Gasteiger partial charge on any atom is 0.0410 e. The van der Waals surface area contributed by atoms with Crippen molar-refractivity contribution < 1.29 is 0 Å². The Morgan fingerprint density at radius 1 is 1.26 bits per heavy atom. The summed E-state index contributed by atoms with van der Waals surface area (Å²) in [5.74, 6) is 2.42. The lowest BCUT2D eigenvalue weighted by Gasteiger charge is -2.37. The topological polar surface area (TPSA) is 12.0 Å². The standard InChI is InChI=1S/C16H23ClIN/c1-10-4-5-12(8-11(10)2)16(19-3)14-9-13(17)6-7-15(14)18/h6-7,9-12,16,19H,4-5,8H2,1-3H3. The minimum atomic E-state index is 0.431. The Kier molecular flexibility index (Phi) is 5.55. The van der Waals surface area contributed by atoms with Crippen LogP contribution in [0.5, 0.6) is 0 Å². The predicted octanol–water partition coefficient (Wildman–Crippen LogP) is 5.28.